The lowest BCUT2D eigenvalue weighted by Crippen LogP contribution is -2.03. The molecule has 0 spiro atoms. The lowest BCUT2D eigenvalue weighted by atomic mass is 9.88. The van der Waals surface area contributed by atoms with Crippen molar-refractivity contribution in [1.29, 1.82) is 0 Å². The van der Waals surface area contributed by atoms with Gasteiger partial charge < -0.3 is 0 Å². The lowest BCUT2D eigenvalue weighted by Gasteiger charge is -2.17. The van der Waals surface area contributed by atoms with Crippen LogP contribution < -0.4 is 0 Å². The Morgan fingerprint density at radius 1 is 0.824 bits per heavy atom. The van der Waals surface area contributed by atoms with Gasteiger partial charge in [-0.1, -0.05) is 52.8 Å². The first-order valence-corrected chi connectivity index (χ1v) is 7.12. The summed E-state index contributed by atoms with van der Waals surface area (Å²) in [4.78, 5) is 0. The molecule has 0 heteroatoms. The van der Waals surface area contributed by atoms with E-state index >= 15 is 0 Å². The van der Waals surface area contributed by atoms with Crippen LogP contribution in [0, 0.1) is 5.92 Å². The zero-order valence-corrected chi connectivity index (χ0v) is 12.2. The summed E-state index contributed by atoms with van der Waals surface area (Å²) < 4.78 is 0. The molecule has 0 aromatic heterocycles. The van der Waals surface area contributed by atoms with Gasteiger partial charge in [0, 0.05) is 0 Å². The summed E-state index contributed by atoms with van der Waals surface area (Å²) in [5, 5.41) is 0. The van der Waals surface area contributed by atoms with Crippen LogP contribution in [0.3, 0.4) is 0 Å². The third-order valence-corrected chi connectivity index (χ3v) is 3.04. The van der Waals surface area contributed by atoms with Crippen molar-refractivity contribution in [3.05, 3.63) is 34.9 Å². The van der Waals surface area contributed by atoms with E-state index in [0.29, 0.717) is 5.92 Å². The topological polar surface area (TPSA) is 0 Å². The minimum atomic E-state index is 0.673. The summed E-state index contributed by atoms with van der Waals surface area (Å²) >= 11 is 0. The Balaban J connectivity index is 0.000000317. The van der Waals surface area contributed by atoms with Gasteiger partial charge in [-0.25, -0.2) is 0 Å². The van der Waals surface area contributed by atoms with Crippen LogP contribution in [0.5, 0.6) is 0 Å². The van der Waals surface area contributed by atoms with Crippen LogP contribution in [0.2, 0.25) is 0 Å². The molecule has 0 N–H and O–H groups in total. The lowest BCUT2D eigenvalue weighted by molar-refractivity contribution is 0.682. The molecule has 2 rings (SSSR count). The molecule has 0 saturated heterocycles. The van der Waals surface area contributed by atoms with Gasteiger partial charge in [-0.05, 0) is 54.2 Å². The summed E-state index contributed by atoms with van der Waals surface area (Å²) in [5.41, 5.74) is 4.70. The van der Waals surface area contributed by atoms with Gasteiger partial charge in [0.25, 0.3) is 0 Å². The van der Waals surface area contributed by atoms with E-state index < -0.39 is 0 Å². The normalized spacial score (nSPS) is 14.3. The van der Waals surface area contributed by atoms with Crippen molar-refractivity contribution in [3.8, 4) is 0 Å². The molecule has 0 amide bonds. The smallest absolute Gasteiger partial charge is 0.0219 e. The fourth-order valence-electron chi connectivity index (χ4n) is 2.11. The van der Waals surface area contributed by atoms with Gasteiger partial charge in [-0.2, -0.15) is 0 Å². The minimum Gasteiger partial charge on any atom is -0.0630 e. The van der Waals surface area contributed by atoms with Crippen LogP contribution in [-0.4, -0.2) is 0 Å². The highest BCUT2D eigenvalue weighted by Gasteiger charge is 2.10. The van der Waals surface area contributed by atoms with Gasteiger partial charge in [-0.3, -0.25) is 0 Å². The molecule has 0 radical (unpaired) electrons. The van der Waals surface area contributed by atoms with Crippen molar-refractivity contribution in [1.82, 2.24) is 0 Å². The Morgan fingerprint density at radius 3 is 1.88 bits per heavy atom. The molecule has 0 nitrogen and oxygen atoms in total. The number of rotatable bonds is 1. The van der Waals surface area contributed by atoms with Crippen molar-refractivity contribution in [3.63, 3.8) is 0 Å². The monoisotopic (exact) mass is 232 g/mol. The first kappa shape index (κ1) is 14.3. The quantitative estimate of drug-likeness (QED) is 0.612. The molecular weight excluding hydrogens is 204 g/mol. The van der Waals surface area contributed by atoms with Gasteiger partial charge in [0.15, 0.2) is 0 Å². The van der Waals surface area contributed by atoms with Gasteiger partial charge in [0.2, 0.25) is 0 Å². The molecule has 0 bridgehead atoms. The summed E-state index contributed by atoms with van der Waals surface area (Å²) in [5.74, 6) is 1.51. The summed E-state index contributed by atoms with van der Waals surface area (Å²) in [6, 6.07) is 7.05. The maximum atomic E-state index is 2.42. The zero-order chi connectivity index (χ0) is 12.8. The Bertz CT molecular complexity index is 331. The number of fused-ring (bicyclic) bond motifs is 1. The van der Waals surface area contributed by atoms with Crippen LogP contribution in [0.1, 0.15) is 70.1 Å². The molecule has 17 heavy (non-hydrogen) atoms. The third kappa shape index (κ3) is 4.93. The van der Waals surface area contributed by atoms with E-state index in [1.54, 1.807) is 11.1 Å². The predicted octanol–water partition coefficient (Wildman–Crippen LogP) is 5.35. The molecule has 1 aliphatic rings. The average molecular weight is 232 g/mol. The van der Waals surface area contributed by atoms with E-state index in [-0.39, 0.29) is 0 Å². The second kappa shape index (κ2) is 6.83. The van der Waals surface area contributed by atoms with E-state index in [1.807, 2.05) is 0 Å². The van der Waals surface area contributed by atoms with E-state index in [1.165, 1.54) is 31.2 Å². The molecule has 96 valence electrons. The van der Waals surface area contributed by atoms with Gasteiger partial charge >= 0.3 is 0 Å². The second-order valence-corrected chi connectivity index (χ2v) is 6.12. The Labute approximate surface area is 107 Å². The fraction of sp³-hybridized carbons (Fsp3) is 0.647. The van der Waals surface area contributed by atoms with Crippen LogP contribution >= 0.6 is 0 Å². The zero-order valence-electron chi connectivity index (χ0n) is 12.2. The van der Waals surface area contributed by atoms with Crippen LogP contribution in [0.15, 0.2) is 18.2 Å². The number of hydrogen-bond donors (Lipinski definition) is 0. The second-order valence-electron chi connectivity index (χ2n) is 6.12. The molecule has 1 aliphatic carbocycles. The summed E-state index contributed by atoms with van der Waals surface area (Å²) in [6.45, 7) is 11.0. The first-order valence-electron chi connectivity index (χ1n) is 7.12. The minimum absolute atomic E-state index is 0.673. The largest absolute Gasteiger partial charge is 0.0630 e. The first-order chi connectivity index (χ1) is 8.00. The molecule has 1 aromatic carbocycles. The van der Waals surface area contributed by atoms with Crippen molar-refractivity contribution in [2.45, 2.75) is 66.2 Å². The van der Waals surface area contributed by atoms with Crippen LogP contribution in [-0.2, 0) is 12.8 Å². The Hall–Kier alpha value is -0.780. The molecule has 0 heterocycles. The molecule has 0 saturated carbocycles. The number of aryl methyl sites for hydroxylation is 2. The molecule has 1 aromatic rings. The highest BCUT2D eigenvalue weighted by Crippen LogP contribution is 2.25. The molecule has 0 atom stereocenters. The Kier molecular flexibility index (Phi) is 5.74. The SMILES string of the molecule is CC(C)C.CC(C)c1ccc2c(c1)CCCC2. The van der Waals surface area contributed by atoms with E-state index in [2.05, 4.69) is 52.8 Å². The highest BCUT2D eigenvalue weighted by molar-refractivity contribution is 5.34. The van der Waals surface area contributed by atoms with Crippen molar-refractivity contribution in [2.24, 2.45) is 5.92 Å². The van der Waals surface area contributed by atoms with E-state index in [0.717, 1.165) is 5.92 Å². The summed E-state index contributed by atoms with van der Waals surface area (Å²) in [6.07, 6.45) is 5.37. The van der Waals surface area contributed by atoms with Crippen LogP contribution in [0.4, 0.5) is 0 Å². The van der Waals surface area contributed by atoms with E-state index in [4.69, 9.17) is 0 Å². The number of hydrogen-bond acceptors (Lipinski definition) is 0. The third-order valence-electron chi connectivity index (χ3n) is 3.04. The maximum Gasteiger partial charge on any atom is -0.0219 e. The fourth-order valence-corrected chi connectivity index (χ4v) is 2.11. The van der Waals surface area contributed by atoms with Gasteiger partial charge in [-0.15, -0.1) is 0 Å². The van der Waals surface area contributed by atoms with Crippen molar-refractivity contribution >= 4 is 0 Å². The molecule has 0 aliphatic heterocycles. The van der Waals surface area contributed by atoms with Crippen molar-refractivity contribution in [2.75, 3.05) is 0 Å². The van der Waals surface area contributed by atoms with Gasteiger partial charge in [0.1, 0.15) is 0 Å². The molecule has 0 fully saturated rings. The van der Waals surface area contributed by atoms with Gasteiger partial charge in [0.05, 0.1) is 0 Å². The van der Waals surface area contributed by atoms with Crippen LogP contribution in [0.25, 0.3) is 0 Å². The highest BCUT2D eigenvalue weighted by atomic mass is 14.1. The van der Waals surface area contributed by atoms with Crippen molar-refractivity contribution < 1.29 is 0 Å². The van der Waals surface area contributed by atoms with E-state index in [9.17, 15) is 0 Å². The standard InChI is InChI=1S/C13H18.C4H10/c1-10(2)12-8-7-11-5-3-4-6-13(11)9-12;1-4(2)3/h7-10H,3-6H2,1-2H3;4H,1-3H3. The number of benzene rings is 1. The molecule has 0 unspecified atom stereocenters. The average Bonchev–Trinajstić information content (AvgIpc) is 2.27. The summed E-state index contributed by atoms with van der Waals surface area (Å²) in [7, 11) is 0. The Morgan fingerprint density at radius 2 is 1.35 bits per heavy atom. The predicted molar refractivity (Wildman–Crippen MR) is 77.7 cm³/mol. The maximum absolute atomic E-state index is 2.42. The molecular formula is C17H28.